The van der Waals surface area contributed by atoms with Crippen LogP contribution in [0.3, 0.4) is 0 Å². The number of halogens is 2. The lowest BCUT2D eigenvalue weighted by atomic mass is 10.1. The smallest absolute Gasteiger partial charge is 0.387 e. The van der Waals surface area contributed by atoms with Crippen LogP contribution in [0, 0.1) is 0 Å². The number of nitrogens with zero attached hydrogens (tertiary/aromatic N) is 3. The molecule has 1 fully saturated rings. The Morgan fingerprint density at radius 1 is 1.03 bits per heavy atom. The number of rotatable bonds is 6. The first-order chi connectivity index (χ1) is 15.5. The van der Waals surface area contributed by atoms with E-state index in [1.54, 1.807) is 48.8 Å². The Kier molecular flexibility index (Phi) is 6.20. The van der Waals surface area contributed by atoms with Gasteiger partial charge < -0.3 is 20.3 Å². The Morgan fingerprint density at radius 3 is 2.34 bits per heavy atom. The minimum absolute atomic E-state index is 0.0565. The summed E-state index contributed by atoms with van der Waals surface area (Å²) in [6.45, 7) is -1.88. The van der Waals surface area contributed by atoms with Gasteiger partial charge in [-0.05, 0) is 42.0 Å². The number of hydrogen-bond acceptors (Lipinski definition) is 6. The zero-order valence-electron chi connectivity index (χ0n) is 16.8. The Balaban J connectivity index is 1.38. The summed E-state index contributed by atoms with van der Waals surface area (Å²) in [6.07, 6.45) is 3.22. The number of alkyl halides is 2. The van der Waals surface area contributed by atoms with Crippen LogP contribution in [0.5, 0.6) is 5.75 Å². The van der Waals surface area contributed by atoms with Gasteiger partial charge in [0.25, 0.3) is 5.91 Å². The van der Waals surface area contributed by atoms with Crippen molar-refractivity contribution < 1.29 is 23.1 Å². The number of anilines is 2. The van der Waals surface area contributed by atoms with Crippen molar-refractivity contribution in [3.05, 3.63) is 66.5 Å². The third kappa shape index (κ3) is 5.15. The molecule has 0 saturated carbocycles. The Morgan fingerprint density at radius 2 is 1.72 bits per heavy atom. The van der Waals surface area contributed by atoms with E-state index in [-0.39, 0.29) is 24.1 Å². The lowest BCUT2D eigenvalue weighted by Gasteiger charge is -2.26. The molecule has 3 aromatic rings. The van der Waals surface area contributed by atoms with Crippen molar-refractivity contribution in [3.63, 3.8) is 0 Å². The lowest BCUT2D eigenvalue weighted by Crippen LogP contribution is -2.49. The monoisotopic (exact) mass is 439 g/mol. The first-order valence-corrected chi connectivity index (χ1v) is 9.78. The van der Waals surface area contributed by atoms with Gasteiger partial charge in [-0.25, -0.2) is 9.97 Å². The predicted molar refractivity (Wildman–Crippen MR) is 113 cm³/mol. The highest BCUT2D eigenvalue weighted by Crippen LogP contribution is 2.23. The van der Waals surface area contributed by atoms with Gasteiger partial charge in [-0.1, -0.05) is 12.1 Å². The predicted octanol–water partition coefficient (Wildman–Crippen LogP) is 3.06. The van der Waals surface area contributed by atoms with Crippen LogP contribution in [-0.4, -0.2) is 52.9 Å². The molecule has 2 aromatic carbocycles. The van der Waals surface area contributed by atoms with Crippen LogP contribution in [-0.2, 0) is 4.79 Å². The van der Waals surface area contributed by atoms with Crippen LogP contribution in [0.1, 0.15) is 10.4 Å². The van der Waals surface area contributed by atoms with Crippen LogP contribution in [0.4, 0.5) is 20.4 Å². The van der Waals surface area contributed by atoms with E-state index in [0.29, 0.717) is 35.9 Å². The van der Waals surface area contributed by atoms with E-state index in [2.05, 4.69) is 25.3 Å². The van der Waals surface area contributed by atoms with E-state index in [0.717, 1.165) is 5.56 Å². The van der Waals surface area contributed by atoms with Gasteiger partial charge in [-0.15, -0.1) is 0 Å². The molecule has 1 aromatic heterocycles. The van der Waals surface area contributed by atoms with Crippen LogP contribution >= 0.6 is 0 Å². The third-order valence-electron chi connectivity index (χ3n) is 4.78. The number of nitrogens with one attached hydrogen (secondary N) is 2. The highest BCUT2D eigenvalue weighted by atomic mass is 19.3. The minimum atomic E-state index is -2.87. The van der Waals surface area contributed by atoms with Gasteiger partial charge in [0.15, 0.2) is 0 Å². The molecule has 10 heteroatoms. The van der Waals surface area contributed by atoms with Crippen molar-refractivity contribution in [1.82, 2.24) is 20.2 Å². The Bertz CT molecular complexity index is 1090. The molecule has 8 nitrogen and oxygen atoms in total. The molecule has 0 bridgehead atoms. The van der Waals surface area contributed by atoms with Crippen molar-refractivity contribution in [1.29, 1.82) is 0 Å². The number of carbonyl (C=O) groups is 2. The number of hydrogen-bond donors (Lipinski definition) is 2. The molecule has 1 aliphatic heterocycles. The molecule has 0 spiro atoms. The number of ether oxygens (including phenoxy) is 1. The summed E-state index contributed by atoms with van der Waals surface area (Å²) < 4.78 is 28.8. The Labute approximate surface area is 182 Å². The highest BCUT2D eigenvalue weighted by molar-refractivity contribution is 5.97. The second-order valence-electron chi connectivity index (χ2n) is 6.98. The summed E-state index contributed by atoms with van der Waals surface area (Å²) in [5.74, 6) is 0.0736. The molecule has 0 unspecified atom stereocenters. The average Bonchev–Trinajstić information content (AvgIpc) is 2.80. The summed E-state index contributed by atoms with van der Waals surface area (Å²) in [6, 6.07) is 13.0. The molecular formula is C22H19F2N5O3. The quantitative estimate of drug-likeness (QED) is 0.613. The van der Waals surface area contributed by atoms with E-state index in [4.69, 9.17) is 0 Å². The van der Waals surface area contributed by atoms with Gasteiger partial charge >= 0.3 is 6.61 Å². The first-order valence-electron chi connectivity index (χ1n) is 9.78. The average molecular weight is 439 g/mol. The second kappa shape index (κ2) is 9.38. The third-order valence-corrected chi connectivity index (χ3v) is 4.78. The van der Waals surface area contributed by atoms with Crippen molar-refractivity contribution >= 4 is 23.5 Å². The SMILES string of the molecule is O=C1CN(C(=O)c2ccc(Nc3ncc(-c4ccc(OC(F)F)cc4)cn3)cc2)CCN1. The molecule has 0 radical (unpaired) electrons. The summed E-state index contributed by atoms with van der Waals surface area (Å²) >= 11 is 0. The van der Waals surface area contributed by atoms with Gasteiger partial charge in [-0.3, -0.25) is 9.59 Å². The van der Waals surface area contributed by atoms with Crippen LogP contribution in [0.25, 0.3) is 11.1 Å². The summed E-state index contributed by atoms with van der Waals surface area (Å²) in [5.41, 5.74) is 2.65. The van der Waals surface area contributed by atoms with Gasteiger partial charge in [-0.2, -0.15) is 8.78 Å². The van der Waals surface area contributed by atoms with Gasteiger partial charge in [0.2, 0.25) is 11.9 Å². The minimum Gasteiger partial charge on any atom is -0.435 e. The normalized spacial score (nSPS) is 13.6. The Hall–Kier alpha value is -4.08. The van der Waals surface area contributed by atoms with Crippen molar-refractivity contribution in [3.8, 4) is 16.9 Å². The molecule has 0 atom stereocenters. The van der Waals surface area contributed by atoms with E-state index >= 15 is 0 Å². The largest absolute Gasteiger partial charge is 0.435 e. The number of piperazine rings is 1. The van der Waals surface area contributed by atoms with Crippen molar-refractivity contribution in [2.75, 3.05) is 25.0 Å². The molecule has 1 saturated heterocycles. The molecule has 2 N–H and O–H groups in total. The van der Waals surface area contributed by atoms with Crippen LogP contribution in [0.15, 0.2) is 60.9 Å². The van der Waals surface area contributed by atoms with Crippen LogP contribution in [0.2, 0.25) is 0 Å². The maximum Gasteiger partial charge on any atom is 0.387 e. The van der Waals surface area contributed by atoms with E-state index in [1.165, 1.54) is 17.0 Å². The van der Waals surface area contributed by atoms with Gasteiger partial charge in [0.1, 0.15) is 5.75 Å². The number of aromatic nitrogens is 2. The molecule has 32 heavy (non-hydrogen) atoms. The highest BCUT2D eigenvalue weighted by Gasteiger charge is 2.22. The fourth-order valence-electron chi connectivity index (χ4n) is 3.19. The fourth-order valence-corrected chi connectivity index (χ4v) is 3.19. The fraction of sp³-hybridized carbons (Fsp3) is 0.182. The molecule has 164 valence electrons. The van der Waals surface area contributed by atoms with Crippen molar-refractivity contribution in [2.24, 2.45) is 0 Å². The van der Waals surface area contributed by atoms with Gasteiger partial charge in [0.05, 0.1) is 6.54 Å². The first kappa shape index (κ1) is 21.2. The van der Waals surface area contributed by atoms with E-state index < -0.39 is 6.61 Å². The summed E-state index contributed by atoms with van der Waals surface area (Å²) in [7, 11) is 0. The summed E-state index contributed by atoms with van der Waals surface area (Å²) in [5, 5.41) is 5.74. The molecular weight excluding hydrogens is 420 g/mol. The molecule has 4 rings (SSSR count). The van der Waals surface area contributed by atoms with Gasteiger partial charge in [0, 0.05) is 42.3 Å². The van der Waals surface area contributed by atoms with E-state index in [1.807, 2.05) is 0 Å². The zero-order chi connectivity index (χ0) is 22.5. The molecule has 0 aliphatic carbocycles. The standard InChI is InChI=1S/C22H19F2N5O3/c23-21(24)32-18-7-3-14(4-8-18)16-11-26-22(27-12-16)28-17-5-1-15(2-6-17)20(31)29-10-9-25-19(30)13-29/h1-8,11-12,21H,9-10,13H2,(H,25,30)(H,26,27,28). The van der Waals surface area contributed by atoms with Crippen molar-refractivity contribution in [2.45, 2.75) is 6.61 Å². The number of carbonyl (C=O) groups excluding carboxylic acids is 2. The summed E-state index contributed by atoms with van der Waals surface area (Å²) in [4.78, 5) is 34.0. The maximum absolute atomic E-state index is 12.5. The maximum atomic E-state index is 12.5. The lowest BCUT2D eigenvalue weighted by molar-refractivity contribution is -0.123. The molecule has 2 amide bonds. The zero-order valence-corrected chi connectivity index (χ0v) is 16.8. The number of benzene rings is 2. The number of amides is 2. The van der Waals surface area contributed by atoms with Crippen LogP contribution < -0.4 is 15.4 Å². The second-order valence-corrected chi connectivity index (χ2v) is 6.98. The molecule has 1 aliphatic rings. The van der Waals surface area contributed by atoms with E-state index in [9.17, 15) is 18.4 Å². The molecule has 2 heterocycles. The topological polar surface area (TPSA) is 96.5 Å².